The Morgan fingerprint density at radius 1 is 1.33 bits per heavy atom. The summed E-state index contributed by atoms with van der Waals surface area (Å²) in [7, 11) is 0. The lowest BCUT2D eigenvalue weighted by Gasteiger charge is -2.14. The minimum Gasteiger partial charge on any atom is -0.324 e. The van der Waals surface area contributed by atoms with Gasteiger partial charge >= 0.3 is 0 Å². The smallest absolute Gasteiger partial charge is 0.228 e. The molecular formula is C14H18Cl2N4O. The summed E-state index contributed by atoms with van der Waals surface area (Å²) in [6.07, 6.45) is 6.21. The topological polar surface area (TPSA) is 59.0 Å². The fourth-order valence-corrected chi connectivity index (χ4v) is 2.32. The van der Waals surface area contributed by atoms with E-state index in [1.54, 1.807) is 12.5 Å². The second kappa shape index (κ2) is 8.02. The highest BCUT2D eigenvalue weighted by Gasteiger charge is 2.22. The van der Waals surface area contributed by atoms with Gasteiger partial charge in [0.1, 0.15) is 0 Å². The molecule has 0 saturated carbocycles. The van der Waals surface area contributed by atoms with Crippen LogP contribution in [-0.4, -0.2) is 28.5 Å². The van der Waals surface area contributed by atoms with Crippen LogP contribution in [0, 0.1) is 5.92 Å². The Labute approximate surface area is 136 Å². The lowest BCUT2D eigenvalue weighted by molar-refractivity contribution is -0.119. The third kappa shape index (κ3) is 3.97. The van der Waals surface area contributed by atoms with E-state index < -0.39 is 0 Å². The van der Waals surface area contributed by atoms with Crippen molar-refractivity contribution >= 4 is 36.4 Å². The molecule has 2 N–H and O–H groups in total. The number of halogens is 2. The maximum Gasteiger partial charge on any atom is 0.228 e. The van der Waals surface area contributed by atoms with Gasteiger partial charge in [-0.25, -0.2) is 4.98 Å². The highest BCUT2D eigenvalue weighted by molar-refractivity contribution is 5.94. The Hall–Kier alpha value is -1.56. The van der Waals surface area contributed by atoms with Crippen LogP contribution in [0.1, 0.15) is 6.42 Å². The maximum atomic E-state index is 12.2. The molecule has 1 aromatic carbocycles. The molecule has 1 unspecified atom stereocenters. The van der Waals surface area contributed by atoms with Crippen LogP contribution in [0.25, 0.3) is 5.69 Å². The molecule has 3 rings (SSSR count). The van der Waals surface area contributed by atoms with E-state index in [2.05, 4.69) is 15.6 Å². The van der Waals surface area contributed by atoms with Crippen molar-refractivity contribution in [2.45, 2.75) is 6.42 Å². The molecule has 1 atom stereocenters. The van der Waals surface area contributed by atoms with E-state index in [0.717, 1.165) is 30.9 Å². The van der Waals surface area contributed by atoms with Crippen LogP contribution in [0.2, 0.25) is 0 Å². The second-order valence-electron chi connectivity index (χ2n) is 4.67. The Kier molecular flexibility index (Phi) is 6.68. The monoisotopic (exact) mass is 328 g/mol. The Morgan fingerprint density at radius 3 is 2.81 bits per heavy atom. The van der Waals surface area contributed by atoms with Crippen molar-refractivity contribution in [3.8, 4) is 5.69 Å². The Balaban J connectivity index is 0.00000110. The predicted octanol–water partition coefficient (Wildman–Crippen LogP) is 2.26. The number of hydrogen-bond donors (Lipinski definition) is 2. The van der Waals surface area contributed by atoms with Gasteiger partial charge < -0.3 is 15.2 Å². The first kappa shape index (κ1) is 17.5. The van der Waals surface area contributed by atoms with Crippen LogP contribution in [0.5, 0.6) is 0 Å². The third-order valence-corrected chi connectivity index (χ3v) is 3.38. The van der Waals surface area contributed by atoms with Crippen molar-refractivity contribution in [2.24, 2.45) is 5.92 Å². The molecule has 21 heavy (non-hydrogen) atoms. The summed E-state index contributed by atoms with van der Waals surface area (Å²) in [6, 6.07) is 7.74. The van der Waals surface area contributed by atoms with Crippen LogP contribution in [0.3, 0.4) is 0 Å². The largest absolute Gasteiger partial charge is 0.324 e. The lowest BCUT2D eigenvalue weighted by atomic mass is 10.1. The van der Waals surface area contributed by atoms with E-state index >= 15 is 0 Å². The molecule has 0 bridgehead atoms. The first-order valence-electron chi connectivity index (χ1n) is 6.43. The number of carbonyl (C=O) groups excluding carboxylic acids is 1. The van der Waals surface area contributed by atoms with E-state index in [0.29, 0.717) is 0 Å². The van der Waals surface area contributed by atoms with Gasteiger partial charge in [-0.3, -0.25) is 4.79 Å². The number of carbonyl (C=O) groups is 1. The van der Waals surface area contributed by atoms with Crippen LogP contribution >= 0.6 is 24.8 Å². The van der Waals surface area contributed by atoms with Crippen molar-refractivity contribution in [2.75, 3.05) is 18.4 Å². The van der Waals surface area contributed by atoms with E-state index in [9.17, 15) is 4.79 Å². The van der Waals surface area contributed by atoms with E-state index in [4.69, 9.17) is 0 Å². The van der Waals surface area contributed by atoms with Gasteiger partial charge in [0.25, 0.3) is 0 Å². The highest BCUT2D eigenvalue weighted by Crippen LogP contribution is 2.21. The number of rotatable bonds is 3. The molecule has 1 aromatic heterocycles. The van der Waals surface area contributed by atoms with Crippen molar-refractivity contribution in [3.05, 3.63) is 43.0 Å². The van der Waals surface area contributed by atoms with Crippen molar-refractivity contribution in [1.29, 1.82) is 0 Å². The van der Waals surface area contributed by atoms with Crippen molar-refractivity contribution in [3.63, 3.8) is 0 Å². The quantitative estimate of drug-likeness (QED) is 0.908. The number of imidazole rings is 1. The molecule has 1 fully saturated rings. The summed E-state index contributed by atoms with van der Waals surface area (Å²) >= 11 is 0. The van der Waals surface area contributed by atoms with E-state index in [1.807, 2.05) is 35.0 Å². The normalized spacial score (nSPS) is 16.7. The summed E-state index contributed by atoms with van der Waals surface area (Å²) in [4.78, 5) is 16.2. The SMILES string of the molecule is Cl.Cl.O=C(Nc1ccccc1-n1ccnc1)C1CCNC1. The summed E-state index contributed by atoms with van der Waals surface area (Å²) in [6.45, 7) is 1.68. The Morgan fingerprint density at radius 2 is 2.14 bits per heavy atom. The zero-order valence-electron chi connectivity index (χ0n) is 11.4. The number of hydrogen-bond acceptors (Lipinski definition) is 3. The van der Waals surface area contributed by atoms with Gasteiger partial charge in [-0.1, -0.05) is 12.1 Å². The molecule has 114 valence electrons. The number of anilines is 1. The second-order valence-corrected chi connectivity index (χ2v) is 4.67. The average molecular weight is 329 g/mol. The number of amides is 1. The van der Waals surface area contributed by atoms with Crippen LogP contribution in [0.15, 0.2) is 43.0 Å². The first-order valence-corrected chi connectivity index (χ1v) is 6.43. The van der Waals surface area contributed by atoms with E-state index in [-0.39, 0.29) is 36.6 Å². The van der Waals surface area contributed by atoms with Gasteiger partial charge in [0.15, 0.2) is 0 Å². The maximum absolute atomic E-state index is 12.2. The molecule has 2 heterocycles. The Bertz CT molecular complexity index is 568. The van der Waals surface area contributed by atoms with E-state index in [1.165, 1.54) is 0 Å². The molecule has 0 radical (unpaired) electrons. The molecule has 1 saturated heterocycles. The van der Waals surface area contributed by atoms with Gasteiger partial charge in [-0.2, -0.15) is 0 Å². The van der Waals surface area contributed by atoms with Gasteiger partial charge in [0, 0.05) is 18.9 Å². The summed E-state index contributed by atoms with van der Waals surface area (Å²) in [5.74, 6) is 0.147. The van der Waals surface area contributed by atoms with Gasteiger partial charge in [-0.05, 0) is 25.1 Å². The van der Waals surface area contributed by atoms with Gasteiger partial charge in [-0.15, -0.1) is 24.8 Å². The predicted molar refractivity (Wildman–Crippen MR) is 87.7 cm³/mol. The minimum absolute atomic E-state index is 0. The highest BCUT2D eigenvalue weighted by atomic mass is 35.5. The molecule has 5 nitrogen and oxygen atoms in total. The summed E-state index contributed by atoms with van der Waals surface area (Å²) < 4.78 is 1.89. The zero-order chi connectivity index (χ0) is 13.1. The third-order valence-electron chi connectivity index (χ3n) is 3.38. The molecule has 1 amide bonds. The number of para-hydroxylation sites is 2. The van der Waals surface area contributed by atoms with Gasteiger partial charge in [0.05, 0.1) is 23.6 Å². The van der Waals surface area contributed by atoms with Crippen molar-refractivity contribution in [1.82, 2.24) is 14.9 Å². The fourth-order valence-electron chi connectivity index (χ4n) is 2.32. The lowest BCUT2D eigenvalue weighted by Crippen LogP contribution is -2.25. The van der Waals surface area contributed by atoms with Crippen LogP contribution in [0.4, 0.5) is 5.69 Å². The minimum atomic E-state index is 0. The first-order chi connectivity index (χ1) is 9.34. The summed E-state index contributed by atoms with van der Waals surface area (Å²) in [5, 5.41) is 6.22. The number of nitrogens with one attached hydrogen (secondary N) is 2. The number of benzene rings is 1. The summed E-state index contributed by atoms with van der Waals surface area (Å²) in [5.41, 5.74) is 1.75. The fraction of sp³-hybridized carbons (Fsp3) is 0.286. The molecule has 1 aliphatic rings. The molecule has 0 spiro atoms. The standard InChI is InChI=1S/C14H16N4O.2ClH/c19-14(11-5-6-15-9-11)17-12-3-1-2-4-13(12)18-8-7-16-10-18;;/h1-4,7-8,10-11,15H,5-6,9H2,(H,17,19);2*1H. The molecule has 7 heteroatoms. The van der Waals surface area contributed by atoms with Crippen molar-refractivity contribution < 1.29 is 4.79 Å². The molecular weight excluding hydrogens is 311 g/mol. The van der Waals surface area contributed by atoms with Crippen LogP contribution in [-0.2, 0) is 4.79 Å². The number of aromatic nitrogens is 2. The number of nitrogens with zero attached hydrogens (tertiary/aromatic N) is 2. The molecule has 0 aliphatic carbocycles. The zero-order valence-corrected chi connectivity index (χ0v) is 13.0. The molecule has 1 aliphatic heterocycles. The van der Waals surface area contributed by atoms with Crippen LogP contribution < -0.4 is 10.6 Å². The van der Waals surface area contributed by atoms with Gasteiger partial charge in [0.2, 0.25) is 5.91 Å². The average Bonchev–Trinajstić information content (AvgIpc) is 3.13. The molecule has 2 aromatic rings.